The molecule has 18 heavy (non-hydrogen) atoms. The summed E-state index contributed by atoms with van der Waals surface area (Å²) in [5.41, 5.74) is 1.13. The van der Waals surface area contributed by atoms with Gasteiger partial charge in [-0.3, -0.25) is 0 Å². The van der Waals surface area contributed by atoms with E-state index in [2.05, 4.69) is 9.36 Å². The molecule has 0 spiro atoms. The van der Waals surface area contributed by atoms with Crippen LogP contribution < -0.4 is 10.0 Å². The van der Waals surface area contributed by atoms with Crippen LogP contribution in [-0.2, 0) is 11.2 Å². The van der Waals surface area contributed by atoms with Crippen LogP contribution in [0, 0.1) is 0 Å². The van der Waals surface area contributed by atoms with E-state index in [1.165, 1.54) is 16.4 Å². The molecule has 94 valence electrons. The van der Waals surface area contributed by atoms with Gasteiger partial charge >= 0.3 is 0 Å². The Labute approximate surface area is 109 Å². The van der Waals surface area contributed by atoms with Crippen molar-refractivity contribution in [3.63, 3.8) is 0 Å². The van der Waals surface area contributed by atoms with Gasteiger partial charge in [0.1, 0.15) is 5.82 Å². The third-order valence-corrected chi connectivity index (χ3v) is 3.22. The zero-order chi connectivity index (χ0) is 13.0. The van der Waals surface area contributed by atoms with Gasteiger partial charge in [-0.15, -0.1) is 0 Å². The average molecular weight is 262 g/mol. The van der Waals surface area contributed by atoms with Crippen molar-refractivity contribution in [1.29, 1.82) is 0 Å². The van der Waals surface area contributed by atoms with E-state index in [-0.39, 0.29) is 6.54 Å². The summed E-state index contributed by atoms with van der Waals surface area (Å²) in [6.07, 6.45) is 0.649. The molecule has 0 bridgehead atoms. The van der Waals surface area contributed by atoms with Crippen molar-refractivity contribution in [1.82, 2.24) is 9.36 Å². The maximum atomic E-state index is 10.5. The van der Waals surface area contributed by atoms with Gasteiger partial charge in [-0.25, -0.2) is 4.98 Å². The zero-order valence-electron chi connectivity index (χ0n) is 9.87. The molecule has 2 rings (SSSR count). The first kappa shape index (κ1) is 12.5. The lowest BCUT2D eigenvalue weighted by molar-refractivity contribution is -0.303. The highest BCUT2D eigenvalue weighted by molar-refractivity contribution is 7.09. The standard InChI is InChI=1S/C12H13N3O2S/c1-15(8-11(16)17)12-13-10(14-18-12)7-9-5-3-2-4-6-9/h2-6H,7-8H2,1H3,(H,16,17)/p-1. The van der Waals surface area contributed by atoms with Crippen LogP contribution in [0.5, 0.6) is 0 Å². The topological polar surface area (TPSA) is 69.2 Å². The van der Waals surface area contributed by atoms with Crippen LogP contribution in [0.4, 0.5) is 5.13 Å². The summed E-state index contributed by atoms with van der Waals surface area (Å²) >= 11 is 1.19. The molecule has 0 aliphatic carbocycles. The first-order valence-electron chi connectivity index (χ1n) is 5.42. The van der Waals surface area contributed by atoms with Gasteiger partial charge in [0, 0.05) is 25.0 Å². The molecular weight excluding hydrogens is 250 g/mol. The van der Waals surface area contributed by atoms with E-state index in [1.54, 1.807) is 7.05 Å². The summed E-state index contributed by atoms with van der Waals surface area (Å²) in [5, 5.41) is 11.1. The summed E-state index contributed by atoms with van der Waals surface area (Å²) in [5.74, 6) is -0.427. The molecule has 0 saturated heterocycles. The molecule has 0 N–H and O–H groups in total. The number of carboxylic acids is 1. The number of carbonyl (C=O) groups is 1. The van der Waals surface area contributed by atoms with Crippen molar-refractivity contribution in [2.75, 3.05) is 18.5 Å². The maximum Gasteiger partial charge on any atom is 0.205 e. The largest absolute Gasteiger partial charge is 0.548 e. The van der Waals surface area contributed by atoms with Gasteiger partial charge in [-0.2, -0.15) is 4.37 Å². The molecule has 0 atom stereocenters. The molecule has 6 heteroatoms. The van der Waals surface area contributed by atoms with Crippen LogP contribution in [0.25, 0.3) is 0 Å². The lowest BCUT2D eigenvalue weighted by Crippen LogP contribution is -2.35. The minimum atomic E-state index is -1.13. The smallest absolute Gasteiger partial charge is 0.205 e. The van der Waals surface area contributed by atoms with Gasteiger partial charge in [0.2, 0.25) is 5.13 Å². The Morgan fingerprint density at radius 1 is 1.39 bits per heavy atom. The molecule has 0 aliphatic rings. The number of hydrogen-bond donors (Lipinski definition) is 0. The van der Waals surface area contributed by atoms with Crippen LogP contribution in [0.2, 0.25) is 0 Å². The fourth-order valence-electron chi connectivity index (χ4n) is 1.51. The fraction of sp³-hybridized carbons (Fsp3) is 0.250. The van der Waals surface area contributed by atoms with Crippen LogP contribution in [0.15, 0.2) is 30.3 Å². The summed E-state index contributed by atoms with van der Waals surface area (Å²) < 4.78 is 4.22. The molecule has 0 aliphatic heterocycles. The van der Waals surface area contributed by atoms with Crippen LogP contribution in [0.1, 0.15) is 11.4 Å². The summed E-state index contributed by atoms with van der Waals surface area (Å²) in [7, 11) is 1.66. The van der Waals surface area contributed by atoms with E-state index in [9.17, 15) is 9.90 Å². The summed E-state index contributed by atoms with van der Waals surface area (Å²) in [4.78, 5) is 16.3. The second-order valence-electron chi connectivity index (χ2n) is 3.88. The number of carboxylic acid groups (broad SMARTS) is 1. The number of aliphatic carboxylic acids is 1. The number of benzene rings is 1. The summed E-state index contributed by atoms with van der Waals surface area (Å²) in [6, 6.07) is 9.89. The minimum absolute atomic E-state index is 0.181. The van der Waals surface area contributed by atoms with Crippen molar-refractivity contribution < 1.29 is 9.90 Å². The number of aromatic nitrogens is 2. The molecular formula is C12H12N3O2S-. The third-order valence-electron chi connectivity index (χ3n) is 2.36. The number of carbonyl (C=O) groups excluding carboxylic acids is 1. The summed E-state index contributed by atoms with van der Waals surface area (Å²) in [6.45, 7) is -0.181. The number of rotatable bonds is 5. The van der Waals surface area contributed by atoms with Crippen LogP contribution in [-0.4, -0.2) is 28.9 Å². The van der Waals surface area contributed by atoms with Gasteiger partial charge in [0.25, 0.3) is 0 Å². The van der Waals surface area contributed by atoms with Gasteiger partial charge in [0.05, 0.1) is 12.5 Å². The maximum absolute atomic E-state index is 10.5. The Balaban J connectivity index is 2.04. The van der Waals surface area contributed by atoms with Gasteiger partial charge in [-0.1, -0.05) is 30.3 Å². The molecule has 0 unspecified atom stereocenters. The Hall–Kier alpha value is -1.95. The second kappa shape index (κ2) is 5.59. The molecule has 2 aromatic rings. The molecule has 1 aromatic heterocycles. The lowest BCUT2D eigenvalue weighted by Gasteiger charge is -2.14. The predicted molar refractivity (Wildman–Crippen MR) is 67.4 cm³/mol. The normalized spacial score (nSPS) is 10.3. The van der Waals surface area contributed by atoms with Crippen molar-refractivity contribution in [2.45, 2.75) is 6.42 Å². The molecule has 1 heterocycles. The quantitative estimate of drug-likeness (QED) is 0.776. The highest BCUT2D eigenvalue weighted by Crippen LogP contribution is 2.17. The molecule has 5 nitrogen and oxygen atoms in total. The van der Waals surface area contributed by atoms with Gasteiger partial charge in [-0.05, 0) is 5.56 Å². The van der Waals surface area contributed by atoms with Crippen LogP contribution >= 0.6 is 11.5 Å². The number of likely N-dealkylation sites (N-methyl/N-ethyl adjacent to an activating group) is 1. The Bertz CT molecular complexity index is 527. The molecule has 1 aromatic carbocycles. The SMILES string of the molecule is CN(CC(=O)[O-])c1nc(Cc2ccccc2)ns1. The second-order valence-corrected chi connectivity index (χ2v) is 4.61. The Kier molecular flexibility index (Phi) is 3.88. The molecule has 0 fully saturated rings. The number of hydrogen-bond acceptors (Lipinski definition) is 6. The molecule has 0 saturated carbocycles. The highest BCUT2D eigenvalue weighted by Gasteiger charge is 2.09. The number of nitrogens with zero attached hydrogens (tertiary/aromatic N) is 3. The Morgan fingerprint density at radius 3 is 2.78 bits per heavy atom. The first-order chi connectivity index (χ1) is 8.65. The van der Waals surface area contributed by atoms with Crippen LogP contribution in [0.3, 0.4) is 0 Å². The van der Waals surface area contributed by atoms with E-state index in [0.29, 0.717) is 17.4 Å². The third kappa shape index (κ3) is 3.27. The average Bonchev–Trinajstić information content (AvgIpc) is 2.78. The predicted octanol–water partition coefficient (Wildman–Crippen LogP) is 0.315. The van der Waals surface area contributed by atoms with E-state index in [1.807, 2.05) is 30.3 Å². The van der Waals surface area contributed by atoms with E-state index >= 15 is 0 Å². The highest BCUT2D eigenvalue weighted by atomic mass is 32.1. The Morgan fingerprint density at radius 2 is 2.11 bits per heavy atom. The van der Waals surface area contributed by atoms with Gasteiger partial charge in [0.15, 0.2) is 0 Å². The van der Waals surface area contributed by atoms with E-state index < -0.39 is 5.97 Å². The van der Waals surface area contributed by atoms with Crippen molar-refractivity contribution >= 4 is 22.6 Å². The molecule has 0 amide bonds. The zero-order valence-corrected chi connectivity index (χ0v) is 10.7. The van der Waals surface area contributed by atoms with E-state index in [0.717, 1.165) is 5.56 Å². The first-order valence-corrected chi connectivity index (χ1v) is 6.20. The van der Waals surface area contributed by atoms with Crippen molar-refractivity contribution in [3.05, 3.63) is 41.7 Å². The fourth-order valence-corrected chi connectivity index (χ4v) is 2.15. The van der Waals surface area contributed by atoms with E-state index in [4.69, 9.17) is 0 Å². The minimum Gasteiger partial charge on any atom is -0.548 e. The molecule has 0 radical (unpaired) electrons. The monoisotopic (exact) mass is 262 g/mol. The van der Waals surface area contributed by atoms with Crippen molar-refractivity contribution in [3.8, 4) is 0 Å². The van der Waals surface area contributed by atoms with Gasteiger partial charge < -0.3 is 14.8 Å². The van der Waals surface area contributed by atoms with Crippen molar-refractivity contribution in [2.24, 2.45) is 0 Å². The number of anilines is 1. The lowest BCUT2D eigenvalue weighted by atomic mass is 10.1.